The predicted octanol–water partition coefficient (Wildman–Crippen LogP) is 1.51. The molecule has 90 valence electrons. The Morgan fingerprint density at radius 3 is 2.88 bits per heavy atom. The number of halogens is 2. The molecule has 0 spiro atoms. The van der Waals surface area contributed by atoms with Gasteiger partial charge in [-0.15, -0.1) is 0 Å². The molecular formula is C8H11I2N3O3. The number of carbonyl (C=O) groups is 1. The minimum absolute atomic E-state index is 0.356. The highest BCUT2D eigenvalue weighted by Gasteiger charge is 2.12. The van der Waals surface area contributed by atoms with Gasteiger partial charge in [-0.25, -0.2) is 9.78 Å². The molecule has 6 nitrogen and oxygen atoms in total. The van der Waals surface area contributed by atoms with Gasteiger partial charge >= 0.3 is 6.09 Å². The van der Waals surface area contributed by atoms with Crippen molar-refractivity contribution in [2.24, 2.45) is 0 Å². The van der Waals surface area contributed by atoms with Crippen LogP contribution in [0.4, 0.5) is 4.79 Å². The second-order valence-corrected chi connectivity index (χ2v) is 4.97. The zero-order chi connectivity index (χ0) is 12.1. The van der Waals surface area contributed by atoms with Crippen LogP contribution in [-0.2, 0) is 17.9 Å². The molecule has 0 aliphatic carbocycles. The maximum atomic E-state index is 10.3. The first-order valence-corrected chi connectivity index (χ1v) is 6.58. The van der Waals surface area contributed by atoms with Crippen molar-refractivity contribution in [3.63, 3.8) is 0 Å². The van der Waals surface area contributed by atoms with Gasteiger partial charge in [-0.3, -0.25) is 0 Å². The largest absolute Gasteiger partial charge is 0.465 e. The van der Waals surface area contributed by atoms with E-state index in [-0.39, 0.29) is 0 Å². The molecule has 0 fully saturated rings. The molecule has 0 aliphatic rings. The molecule has 0 radical (unpaired) electrons. The van der Waals surface area contributed by atoms with Gasteiger partial charge in [0.1, 0.15) is 19.8 Å². The maximum Gasteiger partial charge on any atom is 0.404 e. The SMILES string of the molecule is COCc1nc(I)c(I)n1CCNC(=O)O. The van der Waals surface area contributed by atoms with E-state index < -0.39 is 6.09 Å². The van der Waals surface area contributed by atoms with Crippen molar-refractivity contribution in [3.05, 3.63) is 13.2 Å². The first kappa shape index (κ1) is 14.0. The molecule has 0 atom stereocenters. The average molecular weight is 451 g/mol. The fourth-order valence-corrected chi connectivity index (χ4v) is 2.40. The number of rotatable bonds is 5. The zero-order valence-corrected chi connectivity index (χ0v) is 12.9. The highest BCUT2D eigenvalue weighted by Crippen LogP contribution is 2.17. The Balaban J connectivity index is 2.72. The summed E-state index contributed by atoms with van der Waals surface area (Å²) in [6.45, 7) is 1.33. The number of hydrogen-bond acceptors (Lipinski definition) is 3. The van der Waals surface area contributed by atoms with Crippen LogP contribution in [0.2, 0.25) is 0 Å². The Morgan fingerprint density at radius 2 is 2.31 bits per heavy atom. The summed E-state index contributed by atoms with van der Waals surface area (Å²) in [5, 5.41) is 10.8. The average Bonchev–Trinajstić information content (AvgIpc) is 2.46. The van der Waals surface area contributed by atoms with Gasteiger partial charge in [-0.05, 0) is 45.2 Å². The van der Waals surface area contributed by atoms with Gasteiger partial charge in [-0.1, -0.05) is 0 Å². The van der Waals surface area contributed by atoms with Gasteiger partial charge in [0.2, 0.25) is 0 Å². The lowest BCUT2D eigenvalue weighted by Crippen LogP contribution is -2.26. The first-order chi connectivity index (χ1) is 7.56. The minimum atomic E-state index is -1.02. The number of methoxy groups -OCH3 is 1. The van der Waals surface area contributed by atoms with Crippen LogP contribution in [0.5, 0.6) is 0 Å². The highest BCUT2D eigenvalue weighted by molar-refractivity contribution is 14.1. The van der Waals surface area contributed by atoms with Gasteiger partial charge in [-0.2, -0.15) is 0 Å². The van der Waals surface area contributed by atoms with Gasteiger partial charge in [0.05, 0.1) is 0 Å². The van der Waals surface area contributed by atoms with E-state index >= 15 is 0 Å². The van der Waals surface area contributed by atoms with E-state index in [1.807, 2.05) is 4.57 Å². The molecule has 1 rings (SSSR count). The lowest BCUT2D eigenvalue weighted by Gasteiger charge is -2.08. The van der Waals surface area contributed by atoms with Crippen molar-refractivity contribution in [2.75, 3.05) is 13.7 Å². The topological polar surface area (TPSA) is 76.4 Å². The molecule has 0 bridgehead atoms. The van der Waals surface area contributed by atoms with Gasteiger partial charge in [0, 0.05) is 20.2 Å². The van der Waals surface area contributed by atoms with E-state index in [9.17, 15) is 4.79 Å². The molecule has 0 saturated carbocycles. The summed E-state index contributed by atoms with van der Waals surface area (Å²) in [7, 11) is 1.61. The van der Waals surface area contributed by atoms with Crippen molar-refractivity contribution >= 4 is 51.3 Å². The van der Waals surface area contributed by atoms with E-state index in [1.54, 1.807) is 7.11 Å². The van der Waals surface area contributed by atoms with Gasteiger partial charge < -0.3 is 19.7 Å². The second kappa shape index (κ2) is 6.59. The van der Waals surface area contributed by atoms with E-state index in [1.165, 1.54) is 0 Å². The Kier molecular flexibility index (Phi) is 5.75. The summed E-state index contributed by atoms with van der Waals surface area (Å²) in [5.74, 6) is 0.809. The van der Waals surface area contributed by atoms with Crippen molar-refractivity contribution in [1.82, 2.24) is 14.9 Å². The summed E-state index contributed by atoms with van der Waals surface area (Å²) < 4.78 is 8.88. The molecule has 0 aromatic carbocycles. The molecule has 0 unspecified atom stereocenters. The van der Waals surface area contributed by atoms with Crippen LogP contribution in [-0.4, -0.2) is 34.4 Å². The summed E-state index contributed by atoms with van der Waals surface area (Å²) in [6.07, 6.45) is -1.02. The molecular weight excluding hydrogens is 440 g/mol. The third-order valence-electron chi connectivity index (χ3n) is 1.83. The van der Waals surface area contributed by atoms with Crippen LogP contribution in [0.3, 0.4) is 0 Å². The number of ether oxygens (including phenoxy) is 1. The standard InChI is InChI=1S/C8H11I2N3O3/c1-16-4-5-12-6(9)7(10)13(5)3-2-11-8(14)15/h11H,2-4H2,1H3,(H,14,15). The van der Waals surface area contributed by atoms with Crippen LogP contribution in [0, 0.1) is 7.40 Å². The Morgan fingerprint density at radius 1 is 1.62 bits per heavy atom. The number of imidazole rings is 1. The van der Waals surface area contributed by atoms with E-state index in [4.69, 9.17) is 9.84 Å². The Hall–Kier alpha value is -0.100. The Labute approximate surface area is 120 Å². The number of amides is 1. The number of nitrogens with one attached hydrogen (secondary N) is 1. The monoisotopic (exact) mass is 451 g/mol. The molecule has 0 aliphatic heterocycles. The lowest BCUT2D eigenvalue weighted by molar-refractivity contribution is 0.173. The number of hydrogen-bond donors (Lipinski definition) is 2. The molecule has 2 N–H and O–H groups in total. The highest BCUT2D eigenvalue weighted by atomic mass is 127. The van der Waals surface area contributed by atoms with Crippen LogP contribution in [0.25, 0.3) is 0 Å². The third-order valence-corrected chi connectivity index (χ3v) is 4.71. The van der Waals surface area contributed by atoms with Crippen molar-refractivity contribution in [2.45, 2.75) is 13.2 Å². The molecule has 16 heavy (non-hydrogen) atoms. The molecule has 1 aromatic rings. The van der Waals surface area contributed by atoms with Gasteiger partial charge in [0.15, 0.2) is 0 Å². The molecule has 1 aromatic heterocycles. The van der Waals surface area contributed by atoms with Crippen LogP contribution < -0.4 is 5.32 Å². The third kappa shape index (κ3) is 3.73. The predicted molar refractivity (Wildman–Crippen MR) is 74.4 cm³/mol. The summed E-state index contributed by atoms with van der Waals surface area (Å²) in [6, 6.07) is 0. The van der Waals surface area contributed by atoms with E-state index in [0.29, 0.717) is 19.7 Å². The van der Waals surface area contributed by atoms with Gasteiger partial charge in [0.25, 0.3) is 0 Å². The van der Waals surface area contributed by atoms with Crippen molar-refractivity contribution < 1.29 is 14.6 Å². The summed E-state index contributed by atoms with van der Waals surface area (Å²) in [5.41, 5.74) is 0. The number of aromatic nitrogens is 2. The lowest BCUT2D eigenvalue weighted by atomic mass is 10.5. The van der Waals surface area contributed by atoms with Crippen LogP contribution >= 0.6 is 45.2 Å². The number of nitrogens with zero attached hydrogens (tertiary/aromatic N) is 2. The summed E-state index contributed by atoms with van der Waals surface area (Å²) >= 11 is 4.33. The van der Waals surface area contributed by atoms with Crippen LogP contribution in [0.1, 0.15) is 5.82 Å². The number of carboxylic acid groups (broad SMARTS) is 1. The molecule has 1 amide bonds. The zero-order valence-electron chi connectivity index (χ0n) is 8.54. The van der Waals surface area contributed by atoms with E-state index in [0.717, 1.165) is 13.2 Å². The molecule has 1 heterocycles. The Bertz CT molecular complexity index is 381. The fraction of sp³-hybridized carbons (Fsp3) is 0.500. The normalized spacial score (nSPS) is 10.4. The smallest absolute Gasteiger partial charge is 0.404 e. The second-order valence-electron chi connectivity index (χ2n) is 2.93. The molecule has 0 saturated heterocycles. The van der Waals surface area contributed by atoms with Crippen LogP contribution in [0.15, 0.2) is 0 Å². The molecule has 8 heteroatoms. The first-order valence-electron chi connectivity index (χ1n) is 4.42. The van der Waals surface area contributed by atoms with Crippen molar-refractivity contribution in [1.29, 1.82) is 0 Å². The fourth-order valence-electron chi connectivity index (χ4n) is 1.19. The quantitative estimate of drug-likeness (QED) is 0.667. The maximum absolute atomic E-state index is 10.3. The van der Waals surface area contributed by atoms with Crippen molar-refractivity contribution in [3.8, 4) is 0 Å². The minimum Gasteiger partial charge on any atom is -0.465 e. The van der Waals surface area contributed by atoms with E-state index in [2.05, 4.69) is 55.5 Å². The summed E-state index contributed by atoms with van der Waals surface area (Å²) in [4.78, 5) is 14.7.